The minimum atomic E-state index is -0.311. The largest absolute Gasteiger partial charge is 0.495 e. The van der Waals surface area contributed by atoms with Crippen molar-refractivity contribution in [3.8, 4) is 45.3 Å². The molecule has 0 aliphatic carbocycles. The van der Waals surface area contributed by atoms with Gasteiger partial charge in [0.1, 0.15) is 23.0 Å². The third kappa shape index (κ3) is 7.85. The molecule has 2 saturated heterocycles. The molecular weight excluding hydrogens is 720 g/mol. The summed E-state index contributed by atoms with van der Waals surface area (Å²) in [4.78, 5) is 60.0. The van der Waals surface area contributed by atoms with Crippen molar-refractivity contribution in [3.63, 3.8) is 0 Å². The number of amides is 8. The molecule has 292 valence electrons. The number of hydrogen-bond donors (Lipinski definition) is 4. The first kappa shape index (κ1) is 37.5. The number of rotatable bonds is 4. The van der Waals surface area contributed by atoms with Crippen molar-refractivity contribution >= 4 is 46.9 Å². The van der Waals surface area contributed by atoms with Gasteiger partial charge in [-0.2, -0.15) is 0 Å². The van der Waals surface area contributed by atoms with Gasteiger partial charge in [-0.05, 0) is 70.8 Å². The zero-order valence-electron chi connectivity index (χ0n) is 31.6. The number of carbonyl (C=O) groups excluding carboxylic acids is 4. The van der Waals surface area contributed by atoms with E-state index in [1.165, 1.54) is 28.4 Å². The molecule has 0 radical (unpaired) electrons. The van der Waals surface area contributed by atoms with Crippen LogP contribution in [0.4, 0.5) is 41.9 Å². The van der Waals surface area contributed by atoms with Crippen LogP contribution in [0.2, 0.25) is 0 Å². The molecule has 12 bridgehead atoms. The monoisotopic (exact) mass is 764 g/mol. The predicted molar refractivity (Wildman–Crippen MR) is 212 cm³/mol. The average Bonchev–Trinajstić information content (AvgIpc) is 3.23. The van der Waals surface area contributed by atoms with Crippen molar-refractivity contribution in [1.82, 2.24) is 19.6 Å². The van der Waals surface area contributed by atoms with Gasteiger partial charge in [-0.25, -0.2) is 19.2 Å². The minimum absolute atomic E-state index is 0.311. The van der Waals surface area contributed by atoms with Crippen molar-refractivity contribution in [1.29, 1.82) is 0 Å². The molecule has 18 aliphatic heterocycles. The fraction of sp³-hybridized carbons (Fsp3) is 0.300. The lowest BCUT2D eigenvalue weighted by atomic mass is 10.0. The molecule has 16 nitrogen and oxygen atoms in total. The van der Waals surface area contributed by atoms with E-state index in [0.717, 1.165) is 22.3 Å². The Bertz CT molecular complexity index is 1840. The standard InChI is InChI=1S/C40H44N8O8/c1-53-33-21-25-5-9-29(33)41-37(49)45-13-15-46(16-14-45)39(51)43-31-11-7-27(23-35(31)55-3)28-8-12-32(36(24-28)56-4)44-40(52)48-19-17-47(18-20-48)38(50)42-30-10-6-26(25)22-34(30)54-2/h5-12,21-24H,13-20H2,1-4H3,(H,41,49)(H,42,50)(H,43,51)(H,44,52). The van der Waals surface area contributed by atoms with E-state index in [4.69, 9.17) is 18.9 Å². The van der Waals surface area contributed by atoms with Gasteiger partial charge in [0, 0.05) is 52.4 Å². The highest BCUT2D eigenvalue weighted by Gasteiger charge is 2.27. The summed E-state index contributed by atoms with van der Waals surface area (Å²) in [5.74, 6) is 1.83. The zero-order valence-corrected chi connectivity index (χ0v) is 31.6. The maximum atomic E-state index is 13.3. The van der Waals surface area contributed by atoms with Gasteiger partial charge in [-0.3, -0.25) is 0 Å². The molecule has 16 heteroatoms. The molecule has 0 unspecified atom stereocenters. The number of carbonyl (C=O) groups is 4. The van der Waals surface area contributed by atoms with E-state index in [0.29, 0.717) is 98.1 Å². The van der Waals surface area contributed by atoms with Gasteiger partial charge in [0.15, 0.2) is 0 Å². The fourth-order valence-corrected chi connectivity index (χ4v) is 6.90. The molecule has 18 heterocycles. The fourth-order valence-electron chi connectivity index (χ4n) is 6.90. The van der Waals surface area contributed by atoms with Crippen molar-refractivity contribution < 1.29 is 38.1 Å². The Hall–Kier alpha value is -6.84. The molecule has 56 heavy (non-hydrogen) atoms. The maximum Gasteiger partial charge on any atom is 0.322 e. The number of hydrogen-bond acceptors (Lipinski definition) is 8. The quantitative estimate of drug-likeness (QED) is 0.193. The van der Waals surface area contributed by atoms with Crippen LogP contribution in [0.3, 0.4) is 0 Å². The van der Waals surface area contributed by atoms with Gasteiger partial charge in [0.2, 0.25) is 0 Å². The second-order valence-electron chi connectivity index (χ2n) is 13.3. The van der Waals surface area contributed by atoms with Crippen LogP contribution < -0.4 is 40.2 Å². The third-order valence-electron chi connectivity index (χ3n) is 10.1. The second-order valence-corrected chi connectivity index (χ2v) is 13.3. The van der Waals surface area contributed by atoms with E-state index in [2.05, 4.69) is 21.3 Å². The molecule has 0 atom stereocenters. The van der Waals surface area contributed by atoms with Crippen LogP contribution in [-0.2, 0) is 0 Å². The van der Waals surface area contributed by atoms with Crippen LogP contribution in [0, 0.1) is 0 Å². The van der Waals surface area contributed by atoms with Crippen LogP contribution in [0.5, 0.6) is 23.0 Å². The van der Waals surface area contributed by atoms with Crippen LogP contribution in [-0.4, -0.2) is 125 Å². The Morgan fingerprint density at radius 1 is 0.357 bits per heavy atom. The summed E-state index contributed by atoms with van der Waals surface area (Å²) in [7, 11) is 6.12. The molecule has 0 spiro atoms. The molecule has 22 rings (SSSR count). The van der Waals surface area contributed by atoms with E-state index in [1.54, 1.807) is 43.9 Å². The Morgan fingerprint density at radius 2 is 0.554 bits per heavy atom. The first-order valence-corrected chi connectivity index (χ1v) is 18.1. The Balaban J connectivity index is 1.16. The lowest BCUT2D eigenvalue weighted by molar-refractivity contribution is 0.156. The van der Waals surface area contributed by atoms with Crippen molar-refractivity contribution in [2.24, 2.45) is 0 Å². The molecule has 0 aromatic heterocycles. The van der Waals surface area contributed by atoms with Gasteiger partial charge in [-0.1, -0.05) is 24.3 Å². The van der Waals surface area contributed by atoms with Gasteiger partial charge >= 0.3 is 24.1 Å². The number of nitrogens with zero attached hydrogens (tertiary/aromatic N) is 4. The molecule has 4 N–H and O–H groups in total. The first-order chi connectivity index (χ1) is 27.2. The SMILES string of the molecule is COc1cc2ccc1NC(=O)N1CCN(CC1)C(=O)Nc1ccc(cc1OC)-c1ccc(c(OC)c1)NC(=O)N1CCN(CC1)C(=O)Nc1ccc-2cc1OC. The Morgan fingerprint density at radius 3 is 0.732 bits per heavy atom. The van der Waals surface area contributed by atoms with Gasteiger partial charge in [-0.15, -0.1) is 0 Å². The molecule has 18 aliphatic rings. The summed E-state index contributed by atoms with van der Waals surface area (Å²) >= 11 is 0. The summed E-state index contributed by atoms with van der Waals surface area (Å²) in [5, 5.41) is 11.8. The lowest BCUT2D eigenvalue weighted by Gasteiger charge is -2.35. The molecular formula is C40H44N8O8. The topological polar surface area (TPSA) is 166 Å². The van der Waals surface area contributed by atoms with E-state index in [1.807, 2.05) is 48.5 Å². The Labute approximate surface area is 324 Å². The lowest BCUT2D eigenvalue weighted by Crippen LogP contribution is -2.52. The smallest absolute Gasteiger partial charge is 0.322 e. The highest BCUT2D eigenvalue weighted by Crippen LogP contribution is 2.37. The highest BCUT2D eigenvalue weighted by atomic mass is 16.5. The van der Waals surface area contributed by atoms with Crippen molar-refractivity contribution in [2.45, 2.75) is 0 Å². The number of methoxy groups -OCH3 is 4. The number of nitrogens with one attached hydrogen (secondary N) is 4. The van der Waals surface area contributed by atoms with E-state index >= 15 is 0 Å². The predicted octanol–water partition coefficient (Wildman–Crippen LogP) is 6.13. The molecule has 2 fully saturated rings. The van der Waals surface area contributed by atoms with E-state index in [9.17, 15) is 19.2 Å². The number of ether oxygens (including phenoxy) is 4. The second kappa shape index (κ2) is 16.3. The number of benzene rings is 4. The molecule has 4 aromatic carbocycles. The Kier molecular flexibility index (Phi) is 10.9. The van der Waals surface area contributed by atoms with Gasteiger partial charge in [0.05, 0.1) is 51.2 Å². The zero-order chi connectivity index (χ0) is 39.3. The molecule has 4 aromatic rings. The molecule has 0 saturated carbocycles. The van der Waals surface area contributed by atoms with Gasteiger partial charge in [0.25, 0.3) is 0 Å². The van der Waals surface area contributed by atoms with Crippen molar-refractivity contribution in [3.05, 3.63) is 72.8 Å². The van der Waals surface area contributed by atoms with Crippen LogP contribution in [0.1, 0.15) is 0 Å². The van der Waals surface area contributed by atoms with Gasteiger partial charge < -0.3 is 59.8 Å². The summed E-state index contributed by atoms with van der Waals surface area (Å²) in [6.45, 7) is 2.61. The third-order valence-corrected chi connectivity index (χ3v) is 10.1. The van der Waals surface area contributed by atoms with Crippen LogP contribution in [0.15, 0.2) is 72.8 Å². The number of piperazine rings is 2. The average molecular weight is 765 g/mol. The first-order valence-electron chi connectivity index (χ1n) is 18.1. The van der Waals surface area contributed by atoms with Crippen LogP contribution in [0.25, 0.3) is 22.3 Å². The molecule has 8 amide bonds. The summed E-state index contributed by atoms with van der Waals surface area (Å²) in [6.07, 6.45) is 0. The summed E-state index contributed by atoms with van der Waals surface area (Å²) < 4.78 is 22.6. The number of urea groups is 4. The maximum absolute atomic E-state index is 13.3. The van der Waals surface area contributed by atoms with Crippen LogP contribution >= 0.6 is 0 Å². The van der Waals surface area contributed by atoms with Crippen molar-refractivity contribution in [2.75, 3.05) is 102 Å². The summed E-state index contributed by atoms with van der Waals surface area (Å²) in [6, 6.07) is 20.5. The highest BCUT2D eigenvalue weighted by molar-refractivity contribution is 5.95. The number of anilines is 4. The minimum Gasteiger partial charge on any atom is -0.495 e. The summed E-state index contributed by atoms with van der Waals surface area (Å²) in [5.41, 5.74) is 5.17. The van der Waals surface area contributed by atoms with E-state index < -0.39 is 0 Å². The van der Waals surface area contributed by atoms with E-state index in [-0.39, 0.29) is 24.1 Å². The normalized spacial score (nSPS) is 16.2.